The van der Waals surface area contributed by atoms with Crippen LogP contribution >= 0.6 is 0 Å². The van der Waals surface area contributed by atoms with Crippen molar-refractivity contribution in [3.05, 3.63) is 23.7 Å². The number of aryl methyl sites for hydroxylation is 1. The van der Waals surface area contributed by atoms with Crippen LogP contribution in [0.2, 0.25) is 0 Å². The Hall–Kier alpha value is -0.760. The molecule has 1 saturated carbocycles. The van der Waals surface area contributed by atoms with Crippen molar-refractivity contribution in [1.29, 1.82) is 0 Å². The molecule has 1 aromatic heterocycles. The van der Waals surface area contributed by atoms with Crippen molar-refractivity contribution in [1.82, 2.24) is 5.32 Å². The van der Waals surface area contributed by atoms with Crippen LogP contribution in [-0.2, 0) is 0 Å². The molecule has 96 valence electrons. The topological polar surface area (TPSA) is 25.2 Å². The summed E-state index contributed by atoms with van der Waals surface area (Å²) in [7, 11) is 0. The molecule has 1 aliphatic carbocycles. The minimum Gasteiger partial charge on any atom is -0.465 e. The lowest BCUT2D eigenvalue weighted by Crippen LogP contribution is -2.31. The average molecular weight is 235 g/mol. The van der Waals surface area contributed by atoms with Crippen LogP contribution in [0.25, 0.3) is 0 Å². The van der Waals surface area contributed by atoms with Crippen LogP contribution in [0.1, 0.15) is 57.1 Å². The second kappa shape index (κ2) is 5.72. The average Bonchev–Trinajstić information content (AvgIpc) is 2.72. The van der Waals surface area contributed by atoms with Gasteiger partial charge >= 0.3 is 0 Å². The van der Waals surface area contributed by atoms with Gasteiger partial charge in [-0.15, -0.1) is 0 Å². The van der Waals surface area contributed by atoms with Gasteiger partial charge in [0.1, 0.15) is 11.5 Å². The summed E-state index contributed by atoms with van der Waals surface area (Å²) in [5.41, 5.74) is 0. The summed E-state index contributed by atoms with van der Waals surface area (Å²) < 4.78 is 5.82. The third-order valence-corrected chi connectivity index (χ3v) is 3.94. The summed E-state index contributed by atoms with van der Waals surface area (Å²) in [6.45, 7) is 7.59. The van der Waals surface area contributed by atoms with E-state index >= 15 is 0 Å². The molecule has 0 radical (unpaired) electrons. The molecular weight excluding hydrogens is 210 g/mol. The largest absolute Gasteiger partial charge is 0.465 e. The number of hydrogen-bond donors (Lipinski definition) is 1. The first kappa shape index (κ1) is 12.7. The SMILES string of the molecule is CCNC(c1ccc(C)o1)C1CCCC(C)C1. The van der Waals surface area contributed by atoms with Gasteiger partial charge in [0.2, 0.25) is 0 Å². The summed E-state index contributed by atoms with van der Waals surface area (Å²) in [5, 5.41) is 3.61. The summed E-state index contributed by atoms with van der Waals surface area (Å²) in [6, 6.07) is 4.63. The van der Waals surface area contributed by atoms with E-state index in [1.54, 1.807) is 0 Å². The fourth-order valence-electron chi connectivity index (χ4n) is 3.12. The van der Waals surface area contributed by atoms with Crippen molar-refractivity contribution < 1.29 is 4.42 Å². The molecule has 0 aromatic carbocycles. The first-order valence-corrected chi connectivity index (χ1v) is 7.00. The lowest BCUT2D eigenvalue weighted by molar-refractivity contribution is 0.206. The molecule has 1 heterocycles. The molecule has 1 fully saturated rings. The van der Waals surface area contributed by atoms with E-state index in [-0.39, 0.29) is 0 Å². The van der Waals surface area contributed by atoms with Gasteiger partial charge < -0.3 is 9.73 Å². The Bertz CT molecular complexity index is 344. The lowest BCUT2D eigenvalue weighted by atomic mass is 9.78. The molecule has 0 amide bonds. The molecule has 0 saturated heterocycles. The van der Waals surface area contributed by atoms with Crippen molar-refractivity contribution in [2.75, 3.05) is 6.54 Å². The van der Waals surface area contributed by atoms with Crippen LogP contribution in [-0.4, -0.2) is 6.54 Å². The highest BCUT2D eigenvalue weighted by atomic mass is 16.3. The van der Waals surface area contributed by atoms with Crippen LogP contribution in [0.4, 0.5) is 0 Å². The molecule has 2 heteroatoms. The van der Waals surface area contributed by atoms with E-state index in [4.69, 9.17) is 4.42 Å². The van der Waals surface area contributed by atoms with E-state index in [1.165, 1.54) is 25.7 Å². The molecule has 2 rings (SSSR count). The quantitative estimate of drug-likeness (QED) is 0.851. The van der Waals surface area contributed by atoms with Gasteiger partial charge in [-0.2, -0.15) is 0 Å². The molecule has 3 unspecified atom stereocenters. The molecule has 0 spiro atoms. The van der Waals surface area contributed by atoms with Gasteiger partial charge in [0, 0.05) is 0 Å². The number of rotatable bonds is 4. The number of nitrogens with one attached hydrogen (secondary N) is 1. The number of furan rings is 1. The Balaban J connectivity index is 2.10. The van der Waals surface area contributed by atoms with Crippen LogP contribution in [0.5, 0.6) is 0 Å². The molecule has 1 aromatic rings. The molecule has 0 aliphatic heterocycles. The van der Waals surface area contributed by atoms with E-state index in [2.05, 4.69) is 31.3 Å². The molecule has 1 N–H and O–H groups in total. The zero-order valence-corrected chi connectivity index (χ0v) is 11.3. The van der Waals surface area contributed by atoms with Crippen molar-refractivity contribution in [2.24, 2.45) is 11.8 Å². The normalized spacial score (nSPS) is 27.0. The Morgan fingerprint density at radius 1 is 1.41 bits per heavy atom. The zero-order chi connectivity index (χ0) is 12.3. The van der Waals surface area contributed by atoms with Crippen molar-refractivity contribution in [3.8, 4) is 0 Å². The highest BCUT2D eigenvalue weighted by Gasteiger charge is 2.28. The molecule has 3 atom stereocenters. The second-order valence-electron chi connectivity index (χ2n) is 5.52. The summed E-state index contributed by atoms with van der Waals surface area (Å²) >= 11 is 0. The van der Waals surface area contributed by atoms with Gasteiger partial charge in [-0.05, 0) is 50.3 Å². The van der Waals surface area contributed by atoms with E-state index < -0.39 is 0 Å². The summed E-state index contributed by atoms with van der Waals surface area (Å²) in [5.74, 6) is 3.76. The van der Waals surface area contributed by atoms with Crippen LogP contribution in [0.15, 0.2) is 16.5 Å². The summed E-state index contributed by atoms with van der Waals surface area (Å²) in [6.07, 6.45) is 5.43. The van der Waals surface area contributed by atoms with Crippen molar-refractivity contribution in [2.45, 2.75) is 52.5 Å². The maximum atomic E-state index is 5.82. The highest BCUT2D eigenvalue weighted by Crippen LogP contribution is 2.37. The number of hydrogen-bond acceptors (Lipinski definition) is 2. The molecular formula is C15H25NO. The maximum Gasteiger partial charge on any atom is 0.121 e. The van der Waals surface area contributed by atoms with Gasteiger partial charge in [-0.25, -0.2) is 0 Å². The van der Waals surface area contributed by atoms with E-state index in [0.717, 1.165) is 29.9 Å². The van der Waals surface area contributed by atoms with Gasteiger partial charge in [0.15, 0.2) is 0 Å². The molecule has 2 nitrogen and oxygen atoms in total. The standard InChI is InChI=1S/C15H25NO/c1-4-16-15(14-9-8-12(3)17-14)13-7-5-6-11(2)10-13/h8-9,11,13,15-16H,4-7,10H2,1-3H3. The molecule has 17 heavy (non-hydrogen) atoms. The highest BCUT2D eigenvalue weighted by molar-refractivity contribution is 5.11. The first-order chi connectivity index (χ1) is 8.20. The Labute approximate surface area is 105 Å². The minimum absolute atomic E-state index is 0.413. The van der Waals surface area contributed by atoms with Crippen LogP contribution in [0, 0.1) is 18.8 Å². The minimum atomic E-state index is 0.413. The van der Waals surface area contributed by atoms with Gasteiger partial charge in [0.25, 0.3) is 0 Å². The van der Waals surface area contributed by atoms with Crippen molar-refractivity contribution >= 4 is 0 Å². The third-order valence-electron chi connectivity index (χ3n) is 3.94. The fraction of sp³-hybridized carbons (Fsp3) is 0.733. The Kier molecular flexibility index (Phi) is 4.27. The van der Waals surface area contributed by atoms with E-state index in [9.17, 15) is 0 Å². The predicted molar refractivity (Wildman–Crippen MR) is 71.0 cm³/mol. The van der Waals surface area contributed by atoms with Crippen LogP contribution < -0.4 is 5.32 Å². The lowest BCUT2D eigenvalue weighted by Gasteiger charge is -2.32. The fourth-order valence-corrected chi connectivity index (χ4v) is 3.12. The van der Waals surface area contributed by atoms with Gasteiger partial charge in [-0.3, -0.25) is 0 Å². The van der Waals surface area contributed by atoms with E-state index in [0.29, 0.717) is 6.04 Å². The van der Waals surface area contributed by atoms with Crippen molar-refractivity contribution in [3.63, 3.8) is 0 Å². The van der Waals surface area contributed by atoms with Crippen LogP contribution in [0.3, 0.4) is 0 Å². The van der Waals surface area contributed by atoms with Gasteiger partial charge in [-0.1, -0.05) is 26.7 Å². The van der Waals surface area contributed by atoms with Gasteiger partial charge in [0.05, 0.1) is 6.04 Å². The maximum absolute atomic E-state index is 5.82. The third kappa shape index (κ3) is 3.12. The Morgan fingerprint density at radius 2 is 2.24 bits per heavy atom. The second-order valence-corrected chi connectivity index (χ2v) is 5.52. The molecule has 0 bridgehead atoms. The zero-order valence-electron chi connectivity index (χ0n) is 11.3. The summed E-state index contributed by atoms with van der Waals surface area (Å²) in [4.78, 5) is 0. The first-order valence-electron chi connectivity index (χ1n) is 7.00. The van der Waals surface area contributed by atoms with E-state index in [1.807, 2.05) is 6.92 Å². The smallest absolute Gasteiger partial charge is 0.121 e. The Morgan fingerprint density at radius 3 is 2.82 bits per heavy atom. The predicted octanol–water partition coefficient (Wildman–Crippen LogP) is 4.06. The molecule has 1 aliphatic rings. The monoisotopic (exact) mass is 235 g/mol.